The van der Waals surface area contributed by atoms with Gasteiger partial charge < -0.3 is 49.3 Å². The maximum atomic E-state index is 12.7. The second-order valence-corrected chi connectivity index (χ2v) is 7.47. The van der Waals surface area contributed by atoms with Crippen LogP contribution in [0.4, 0.5) is 0 Å². The summed E-state index contributed by atoms with van der Waals surface area (Å²) in [6.45, 7) is 0. The minimum Gasteiger partial charge on any atom is -0.507 e. The van der Waals surface area contributed by atoms with Crippen molar-refractivity contribution in [3.8, 4) is 34.3 Å². The SMILES string of the molecule is COc1c(O[C@@H]2O[C@H](C(=O)O)[C@@H](O)[C@H](O)[C@H]2O)cc2oc(-c3ccccc3O)cc(=O)c2c1O. The molecule has 0 aliphatic carbocycles. The molecule has 1 aliphatic heterocycles. The van der Waals surface area contributed by atoms with Crippen LogP contribution in [-0.4, -0.2) is 74.4 Å². The first kappa shape index (κ1) is 23.3. The fourth-order valence-electron chi connectivity index (χ4n) is 3.64. The highest BCUT2D eigenvalue weighted by Gasteiger charge is 2.48. The summed E-state index contributed by atoms with van der Waals surface area (Å²) in [6.07, 6.45) is -9.47. The van der Waals surface area contributed by atoms with Crippen molar-refractivity contribution in [3.63, 3.8) is 0 Å². The van der Waals surface area contributed by atoms with Crippen molar-refractivity contribution in [2.75, 3.05) is 7.11 Å². The lowest BCUT2D eigenvalue weighted by Gasteiger charge is -2.38. The van der Waals surface area contributed by atoms with Gasteiger partial charge in [0.25, 0.3) is 0 Å². The van der Waals surface area contributed by atoms with Crippen molar-refractivity contribution in [1.82, 2.24) is 0 Å². The van der Waals surface area contributed by atoms with E-state index in [2.05, 4.69) is 0 Å². The average molecular weight is 476 g/mol. The zero-order chi connectivity index (χ0) is 24.7. The van der Waals surface area contributed by atoms with Crippen molar-refractivity contribution in [1.29, 1.82) is 0 Å². The van der Waals surface area contributed by atoms with Crippen molar-refractivity contribution < 1.29 is 54.1 Å². The van der Waals surface area contributed by atoms with Crippen molar-refractivity contribution in [2.45, 2.75) is 30.7 Å². The molecule has 12 nitrogen and oxygen atoms in total. The zero-order valence-electron chi connectivity index (χ0n) is 17.5. The largest absolute Gasteiger partial charge is 0.507 e. The first-order valence-electron chi connectivity index (χ1n) is 9.89. The number of rotatable bonds is 5. The number of aliphatic carboxylic acids is 1. The molecule has 4 rings (SSSR count). The number of aliphatic hydroxyl groups excluding tert-OH is 3. The summed E-state index contributed by atoms with van der Waals surface area (Å²) in [4.78, 5) is 24.1. The highest BCUT2D eigenvalue weighted by atomic mass is 16.7. The van der Waals surface area contributed by atoms with Crippen LogP contribution in [0.15, 0.2) is 45.6 Å². The van der Waals surface area contributed by atoms with E-state index in [4.69, 9.17) is 18.6 Å². The van der Waals surface area contributed by atoms with Gasteiger partial charge in [-0.3, -0.25) is 4.79 Å². The van der Waals surface area contributed by atoms with E-state index >= 15 is 0 Å². The Bertz CT molecular complexity index is 1300. The highest BCUT2D eigenvalue weighted by Crippen LogP contribution is 2.43. The fraction of sp³-hybridized carbons (Fsp3) is 0.273. The summed E-state index contributed by atoms with van der Waals surface area (Å²) in [5.74, 6) is -3.16. The predicted octanol–water partition coefficient (Wildman–Crippen LogP) is 0.151. The molecule has 1 saturated heterocycles. The molecule has 0 spiro atoms. The first-order valence-corrected chi connectivity index (χ1v) is 9.89. The molecule has 1 aromatic heterocycles. The second-order valence-electron chi connectivity index (χ2n) is 7.47. The Hall–Kier alpha value is -3.84. The van der Waals surface area contributed by atoms with Gasteiger partial charge in [-0.1, -0.05) is 12.1 Å². The number of fused-ring (bicyclic) bond motifs is 1. The van der Waals surface area contributed by atoms with Gasteiger partial charge in [0.05, 0.1) is 12.7 Å². The lowest BCUT2D eigenvalue weighted by atomic mass is 9.99. The molecule has 0 amide bonds. The summed E-state index contributed by atoms with van der Waals surface area (Å²) in [7, 11) is 1.16. The van der Waals surface area contributed by atoms with E-state index in [0.29, 0.717) is 0 Å². The molecular weight excluding hydrogens is 456 g/mol. The van der Waals surface area contributed by atoms with Gasteiger partial charge in [0, 0.05) is 12.1 Å². The van der Waals surface area contributed by atoms with Crippen LogP contribution in [0.3, 0.4) is 0 Å². The van der Waals surface area contributed by atoms with Gasteiger partial charge in [0.15, 0.2) is 23.0 Å². The zero-order valence-corrected chi connectivity index (χ0v) is 17.5. The molecule has 180 valence electrons. The number of aliphatic hydroxyl groups is 3. The van der Waals surface area contributed by atoms with Crippen LogP contribution in [0.5, 0.6) is 23.0 Å². The van der Waals surface area contributed by atoms with Gasteiger partial charge in [0.1, 0.15) is 40.8 Å². The number of hydrogen-bond acceptors (Lipinski definition) is 11. The first-order chi connectivity index (χ1) is 16.1. The number of carbonyl (C=O) groups is 1. The molecular formula is C22H20O12. The topological polar surface area (TPSA) is 196 Å². The molecule has 0 bridgehead atoms. The van der Waals surface area contributed by atoms with Crippen molar-refractivity contribution in [2.24, 2.45) is 0 Å². The van der Waals surface area contributed by atoms with E-state index in [0.717, 1.165) is 19.2 Å². The van der Waals surface area contributed by atoms with Crippen molar-refractivity contribution in [3.05, 3.63) is 46.6 Å². The summed E-state index contributed by atoms with van der Waals surface area (Å²) in [5, 5.41) is 59.7. The third kappa shape index (κ3) is 3.88. The smallest absolute Gasteiger partial charge is 0.335 e. The molecule has 3 aromatic rings. The summed E-state index contributed by atoms with van der Waals surface area (Å²) in [5.41, 5.74) is -0.660. The van der Waals surface area contributed by atoms with E-state index in [-0.39, 0.29) is 39.5 Å². The number of para-hydroxylation sites is 1. The monoisotopic (exact) mass is 476 g/mol. The minimum absolute atomic E-state index is 0.0236. The molecule has 0 radical (unpaired) electrons. The highest BCUT2D eigenvalue weighted by molar-refractivity contribution is 5.89. The number of ether oxygens (including phenoxy) is 3. The molecule has 2 aromatic carbocycles. The second kappa shape index (κ2) is 8.83. The number of carboxylic acid groups (broad SMARTS) is 1. The van der Waals surface area contributed by atoms with Crippen LogP contribution in [0, 0.1) is 0 Å². The maximum Gasteiger partial charge on any atom is 0.335 e. The molecule has 2 heterocycles. The van der Waals surface area contributed by atoms with Crippen LogP contribution in [-0.2, 0) is 9.53 Å². The van der Waals surface area contributed by atoms with Gasteiger partial charge in [-0.05, 0) is 12.1 Å². The Morgan fingerprint density at radius 2 is 1.74 bits per heavy atom. The summed E-state index contributed by atoms with van der Waals surface area (Å²) >= 11 is 0. The third-order valence-electron chi connectivity index (χ3n) is 5.34. The van der Waals surface area contributed by atoms with Crippen LogP contribution in [0.1, 0.15) is 0 Å². The fourth-order valence-corrected chi connectivity index (χ4v) is 3.64. The Balaban J connectivity index is 1.82. The molecule has 5 atom stereocenters. The predicted molar refractivity (Wildman–Crippen MR) is 113 cm³/mol. The Morgan fingerprint density at radius 3 is 2.38 bits per heavy atom. The number of methoxy groups -OCH3 is 1. The number of benzene rings is 2. The normalized spacial score (nSPS) is 24.6. The number of phenolic OH excluding ortho intramolecular Hbond substituents is 2. The average Bonchev–Trinajstić information content (AvgIpc) is 2.79. The molecule has 1 aliphatic rings. The number of carboxylic acids is 1. The Labute approximate surface area is 190 Å². The Kier molecular flexibility index (Phi) is 6.06. The van der Waals surface area contributed by atoms with Crippen LogP contribution in [0.2, 0.25) is 0 Å². The van der Waals surface area contributed by atoms with Crippen molar-refractivity contribution >= 4 is 16.9 Å². The van der Waals surface area contributed by atoms with E-state index in [1.165, 1.54) is 12.1 Å². The van der Waals surface area contributed by atoms with E-state index in [1.807, 2.05) is 0 Å². The van der Waals surface area contributed by atoms with Gasteiger partial charge >= 0.3 is 5.97 Å². The number of phenols is 2. The third-order valence-corrected chi connectivity index (χ3v) is 5.34. The standard InChI is InChI=1S/C22H20O12/c1-31-19-13(33-22-18(28)16(26)17(27)20(34-22)21(29)30)7-12-14(15(19)25)10(24)6-11(32-12)8-4-2-3-5-9(8)23/h2-7,16-18,20,22-23,25-28H,1H3,(H,29,30)/t16-,17-,18+,20-,22+/m0/s1. The summed E-state index contributed by atoms with van der Waals surface area (Å²) < 4.78 is 21.4. The quantitative estimate of drug-likeness (QED) is 0.292. The molecule has 34 heavy (non-hydrogen) atoms. The van der Waals surface area contributed by atoms with Gasteiger partial charge in [0.2, 0.25) is 12.0 Å². The minimum atomic E-state index is -1.93. The number of aromatic hydroxyl groups is 2. The van der Waals surface area contributed by atoms with Gasteiger partial charge in [-0.25, -0.2) is 4.79 Å². The van der Waals surface area contributed by atoms with E-state index < -0.39 is 47.9 Å². The van der Waals surface area contributed by atoms with Crippen LogP contribution >= 0.6 is 0 Å². The maximum absolute atomic E-state index is 12.7. The van der Waals surface area contributed by atoms with Crippen LogP contribution in [0.25, 0.3) is 22.3 Å². The molecule has 0 saturated carbocycles. The van der Waals surface area contributed by atoms with E-state index in [1.54, 1.807) is 12.1 Å². The molecule has 0 unspecified atom stereocenters. The lowest BCUT2D eigenvalue weighted by molar-refractivity contribution is -0.271. The lowest BCUT2D eigenvalue weighted by Crippen LogP contribution is -2.61. The van der Waals surface area contributed by atoms with Gasteiger partial charge in [-0.2, -0.15) is 0 Å². The molecule has 12 heteroatoms. The Morgan fingerprint density at radius 1 is 1.03 bits per heavy atom. The van der Waals surface area contributed by atoms with E-state index in [9.17, 15) is 40.2 Å². The van der Waals surface area contributed by atoms with Crippen LogP contribution < -0.4 is 14.9 Å². The molecule has 1 fully saturated rings. The number of hydrogen-bond donors (Lipinski definition) is 6. The molecule has 6 N–H and O–H groups in total. The van der Waals surface area contributed by atoms with Gasteiger partial charge in [-0.15, -0.1) is 0 Å². The summed E-state index contributed by atoms with van der Waals surface area (Å²) in [6, 6.07) is 8.28.